The van der Waals surface area contributed by atoms with Crippen molar-refractivity contribution < 1.29 is 9.53 Å². The Kier molecular flexibility index (Phi) is 15.1. The third-order valence-electron chi connectivity index (χ3n) is 4.33. The molecule has 1 saturated heterocycles. The van der Waals surface area contributed by atoms with Crippen molar-refractivity contribution in [3.05, 3.63) is 0 Å². The molecule has 1 unspecified atom stereocenters. The van der Waals surface area contributed by atoms with Crippen LogP contribution < -0.4 is 10.6 Å². The second-order valence-electron chi connectivity index (χ2n) is 6.48. The Hall–Kier alpha value is -0.610. The molecule has 0 bridgehead atoms. The van der Waals surface area contributed by atoms with E-state index in [4.69, 9.17) is 4.74 Å². The first-order valence-electron chi connectivity index (χ1n) is 9.70. The van der Waals surface area contributed by atoms with Crippen LogP contribution in [0.1, 0.15) is 34.1 Å². The van der Waals surface area contributed by atoms with Gasteiger partial charge >= 0.3 is 0 Å². The van der Waals surface area contributed by atoms with Crippen LogP contribution >= 0.6 is 24.0 Å². The predicted molar refractivity (Wildman–Crippen MR) is 118 cm³/mol. The fourth-order valence-electron chi connectivity index (χ4n) is 2.89. The standard InChI is InChI=1S/C18H37N5O2.HI/c1-5-19-18(20-9-8-17(24)23(6-2)7-3)21-14-16(4)15-22-10-12-25-13-11-22;/h16H,5-15H2,1-4H3,(H2,19,20,21);1H. The Balaban J connectivity index is 0.00000625. The first-order chi connectivity index (χ1) is 12.1. The van der Waals surface area contributed by atoms with Crippen molar-refractivity contribution in [2.75, 3.05) is 65.6 Å². The molecular weight excluding hydrogens is 445 g/mol. The molecule has 1 aliphatic rings. The minimum atomic E-state index is 0. The smallest absolute Gasteiger partial charge is 0.224 e. The highest BCUT2D eigenvalue weighted by molar-refractivity contribution is 14.0. The number of carbonyl (C=O) groups excluding carboxylic acids is 1. The zero-order valence-electron chi connectivity index (χ0n) is 16.9. The van der Waals surface area contributed by atoms with Crippen LogP contribution in [0.5, 0.6) is 0 Å². The van der Waals surface area contributed by atoms with Crippen molar-refractivity contribution in [3.63, 3.8) is 0 Å². The molecular formula is C18H38IN5O2. The maximum atomic E-state index is 12.0. The number of rotatable bonds is 10. The SMILES string of the molecule is CCNC(=NCC(C)CN1CCOCC1)NCCC(=O)N(CC)CC.I. The van der Waals surface area contributed by atoms with Crippen LogP contribution in [0.4, 0.5) is 0 Å². The Morgan fingerprint density at radius 3 is 2.42 bits per heavy atom. The Morgan fingerprint density at radius 1 is 1.19 bits per heavy atom. The number of halogens is 1. The summed E-state index contributed by atoms with van der Waals surface area (Å²) in [6.45, 7) is 16.8. The van der Waals surface area contributed by atoms with Crippen LogP contribution in [0.25, 0.3) is 0 Å². The minimum absolute atomic E-state index is 0. The van der Waals surface area contributed by atoms with E-state index in [9.17, 15) is 4.79 Å². The largest absolute Gasteiger partial charge is 0.379 e. The molecule has 8 heteroatoms. The number of guanidine groups is 1. The van der Waals surface area contributed by atoms with Crippen LogP contribution in [-0.4, -0.2) is 87.2 Å². The van der Waals surface area contributed by atoms with E-state index >= 15 is 0 Å². The van der Waals surface area contributed by atoms with Gasteiger partial charge in [0.25, 0.3) is 0 Å². The summed E-state index contributed by atoms with van der Waals surface area (Å²) < 4.78 is 5.39. The molecule has 1 rings (SSSR count). The molecule has 154 valence electrons. The van der Waals surface area contributed by atoms with Gasteiger partial charge in [0.05, 0.1) is 13.2 Å². The van der Waals surface area contributed by atoms with E-state index in [1.165, 1.54) is 0 Å². The zero-order chi connectivity index (χ0) is 18.5. The molecule has 0 aromatic rings. The molecule has 0 aromatic carbocycles. The molecule has 0 saturated carbocycles. The van der Waals surface area contributed by atoms with Gasteiger partial charge in [-0.25, -0.2) is 0 Å². The van der Waals surface area contributed by atoms with Gasteiger partial charge < -0.3 is 20.3 Å². The summed E-state index contributed by atoms with van der Waals surface area (Å²) in [5, 5.41) is 6.52. The Labute approximate surface area is 176 Å². The molecule has 2 N–H and O–H groups in total. The summed E-state index contributed by atoms with van der Waals surface area (Å²) in [4.78, 5) is 21.0. The van der Waals surface area contributed by atoms with E-state index in [0.717, 1.165) is 65.0 Å². The van der Waals surface area contributed by atoms with E-state index in [1.54, 1.807) is 0 Å². The van der Waals surface area contributed by atoms with Gasteiger partial charge in [-0.2, -0.15) is 0 Å². The highest BCUT2D eigenvalue weighted by Gasteiger charge is 2.14. The number of amides is 1. The van der Waals surface area contributed by atoms with Crippen LogP contribution in [0, 0.1) is 5.92 Å². The van der Waals surface area contributed by atoms with Gasteiger partial charge in [-0.05, 0) is 26.7 Å². The van der Waals surface area contributed by atoms with Gasteiger partial charge in [0.15, 0.2) is 5.96 Å². The lowest BCUT2D eigenvalue weighted by Crippen LogP contribution is -2.41. The highest BCUT2D eigenvalue weighted by atomic mass is 127. The average molecular weight is 483 g/mol. The lowest BCUT2D eigenvalue weighted by molar-refractivity contribution is -0.130. The molecule has 1 aliphatic heterocycles. The van der Waals surface area contributed by atoms with E-state index in [2.05, 4.69) is 34.4 Å². The molecule has 1 heterocycles. The number of nitrogens with zero attached hydrogens (tertiary/aromatic N) is 3. The van der Waals surface area contributed by atoms with Crippen LogP contribution in [-0.2, 0) is 9.53 Å². The van der Waals surface area contributed by atoms with Gasteiger partial charge in [-0.15, -0.1) is 24.0 Å². The maximum absolute atomic E-state index is 12.0. The highest BCUT2D eigenvalue weighted by Crippen LogP contribution is 2.04. The summed E-state index contributed by atoms with van der Waals surface area (Å²) in [5.41, 5.74) is 0. The first-order valence-corrected chi connectivity index (χ1v) is 9.70. The number of carbonyl (C=O) groups is 1. The van der Waals surface area contributed by atoms with Crippen molar-refractivity contribution in [2.24, 2.45) is 10.9 Å². The minimum Gasteiger partial charge on any atom is -0.379 e. The zero-order valence-corrected chi connectivity index (χ0v) is 19.3. The molecule has 1 atom stereocenters. The number of ether oxygens (including phenoxy) is 1. The van der Waals surface area contributed by atoms with Crippen LogP contribution in [0.3, 0.4) is 0 Å². The molecule has 0 radical (unpaired) electrons. The summed E-state index contributed by atoms with van der Waals surface area (Å²) in [5.74, 6) is 1.48. The summed E-state index contributed by atoms with van der Waals surface area (Å²) in [6.07, 6.45) is 0.495. The molecule has 1 fully saturated rings. The summed E-state index contributed by atoms with van der Waals surface area (Å²) >= 11 is 0. The second kappa shape index (κ2) is 15.4. The molecule has 7 nitrogen and oxygen atoms in total. The van der Waals surface area contributed by atoms with Crippen molar-refractivity contribution in [1.82, 2.24) is 20.4 Å². The Morgan fingerprint density at radius 2 is 1.85 bits per heavy atom. The van der Waals surface area contributed by atoms with Gasteiger partial charge in [0.2, 0.25) is 5.91 Å². The van der Waals surface area contributed by atoms with Gasteiger partial charge in [0, 0.05) is 58.8 Å². The molecule has 26 heavy (non-hydrogen) atoms. The van der Waals surface area contributed by atoms with Gasteiger partial charge in [-0.3, -0.25) is 14.7 Å². The van der Waals surface area contributed by atoms with E-state index in [0.29, 0.717) is 18.9 Å². The van der Waals surface area contributed by atoms with Gasteiger partial charge in [-0.1, -0.05) is 6.92 Å². The monoisotopic (exact) mass is 483 g/mol. The number of hydrogen-bond acceptors (Lipinski definition) is 4. The first kappa shape index (κ1) is 25.4. The third-order valence-corrected chi connectivity index (χ3v) is 4.33. The average Bonchev–Trinajstić information content (AvgIpc) is 2.61. The summed E-state index contributed by atoms with van der Waals surface area (Å²) in [6, 6.07) is 0. The van der Waals surface area contributed by atoms with E-state index in [1.807, 2.05) is 18.7 Å². The fourth-order valence-corrected chi connectivity index (χ4v) is 2.89. The second-order valence-corrected chi connectivity index (χ2v) is 6.48. The van der Waals surface area contributed by atoms with Crippen LogP contribution in [0.15, 0.2) is 4.99 Å². The number of morpholine rings is 1. The predicted octanol–water partition coefficient (Wildman–Crippen LogP) is 1.39. The van der Waals surface area contributed by atoms with Crippen molar-refractivity contribution in [1.29, 1.82) is 0 Å². The number of nitrogens with one attached hydrogen (secondary N) is 2. The molecule has 1 amide bonds. The lowest BCUT2D eigenvalue weighted by Gasteiger charge is -2.28. The number of hydrogen-bond donors (Lipinski definition) is 2. The van der Waals surface area contributed by atoms with Crippen molar-refractivity contribution in [3.8, 4) is 0 Å². The lowest BCUT2D eigenvalue weighted by atomic mass is 10.1. The fraction of sp³-hybridized carbons (Fsp3) is 0.889. The number of aliphatic imine (C=N–C) groups is 1. The molecule has 0 aromatic heterocycles. The van der Waals surface area contributed by atoms with Crippen molar-refractivity contribution >= 4 is 35.8 Å². The molecule has 0 spiro atoms. The van der Waals surface area contributed by atoms with Crippen LogP contribution in [0.2, 0.25) is 0 Å². The topological polar surface area (TPSA) is 69.2 Å². The van der Waals surface area contributed by atoms with Gasteiger partial charge in [0.1, 0.15) is 0 Å². The third kappa shape index (κ3) is 10.5. The summed E-state index contributed by atoms with van der Waals surface area (Å²) in [7, 11) is 0. The van der Waals surface area contributed by atoms with E-state index < -0.39 is 0 Å². The Bertz CT molecular complexity index is 399. The van der Waals surface area contributed by atoms with E-state index in [-0.39, 0.29) is 29.9 Å². The van der Waals surface area contributed by atoms with Crippen molar-refractivity contribution in [2.45, 2.75) is 34.1 Å². The molecule has 0 aliphatic carbocycles. The quantitative estimate of drug-likeness (QED) is 0.279. The normalized spacial score (nSPS) is 16.5. The maximum Gasteiger partial charge on any atom is 0.224 e.